The van der Waals surface area contributed by atoms with Crippen molar-refractivity contribution in [3.63, 3.8) is 0 Å². The Hall–Kier alpha value is -0.610. The van der Waals surface area contributed by atoms with Crippen LogP contribution in [0.25, 0.3) is 0 Å². The molecule has 100 valence electrons. The standard InChI is InChI=1S/C13H27N3O/c1-3-9-16(10-6-13(17)14-2)11-12-4-7-15-8-5-12/h12,15H,3-11H2,1-2H3,(H,14,17). The number of piperidine rings is 1. The molecule has 4 heteroatoms. The topological polar surface area (TPSA) is 44.4 Å². The summed E-state index contributed by atoms with van der Waals surface area (Å²) in [5.41, 5.74) is 0. The van der Waals surface area contributed by atoms with Gasteiger partial charge in [-0.05, 0) is 44.8 Å². The van der Waals surface area contributed by atoms with E-state index < -0.39 is 0 Å². The van der Waals surface area contributed by atoms with Crippen LogP contribution in [0.5, 0.6) is 0 Å². The minimum Gasteiger partial charge on any atom is -0.359 e. The highest BCUT2D eigenvalue weighted by Gasteiger charge is 2.16. The van der Waals surface area contributed by atoms with E-state index in [-0.39, 0.29) is 5.91 Å². The second-order valence-electron chi connectivity index (χ2n) is 4.92. The van der Waals surface area contributed by atoms with Crippen LogP contribution in [0, 0.1) is 5.92 Å². The van der Waals surface area contributed by atoms with Crippen molar-refractivity contribution >= 4 is 5.91 Å². The number of nitrogens with one attached hydrogen (secondary N) is 2. The molecule has 4 nitrogen and oxygen atoms in total. The first kappa shape index (κ1) is 14.5. The van der Waals surface area contributed by atoms with Gasteiger partial charge in [0.1, 0.15) is 0 Å². The number of carbonyl (C=O) groups is 1. The van der Waals surface area contributed by atoms with E-state index in [1.807, 2.05) is 0 Å². The van der Waals surface area contributed by atoms with Gasteiger partial charge >= 0.3 is 0 Å². The number of nitrogens with zero attached hydrogens (tertiary/aromatic N) is 1. The third kappa shape index (κ3) is 6.03. The summed E-state index contributed by atoms with van der Waals surface area (Å²) in [6.45, 7) is 7.68. The summed E-state index contributed by atoms with van der Waals surface area (Å²) in [5.74, 6) is 0.962. The van der Waals surface area contributed by atoms with Gasteiger partial charge in [0.2, 0.25) is 5.91 Å². The lowest BCUT2D eigenvalue weighted by molar-refractivity contribution is -0.121. The molecule has 0 atom stereocenters. The van der Waals surface area contributed by atoms with Gasteiger partial charge in [-0.15, -0.1) is 0 Å². The third-order valence-corrected chi connectivity index (χ3v) is 3.45. The molecule has 0 bridgehead atoms. The molecule has 0 aromatic rings. The molecule has 1 aliphatic heterocycles. The fourth-order valence-electron chi connectivity index (χ4n) is 2.42. The molecule has 1 heterocycles. The maximum absolute atomic E-state index is 11.3. The van der Waals surface area contributed by atoms with Crippen molar-refractivity contribution in [1.82, 2.24) is 15.5 Å². The summed E-state index contributed by atoms with van der Waals surface area (Å²) >= 11 is 0. The van der Waals surface area contributed by atoms with E-state index in [2.05, 4.69) is 22.5 Å². The zero-order valence-corrected chi connectivity index (χ0v) is 11.3. The largest absolute Gasteiger partial charge is 0.359 e. The van der Waals surface area contributed by atoms with E-state index >= 15 is 0 Å². The number of hydrogen-bond acceptors (Lipinski definition) is 3. The van der Waals surface area contributed by atoms with Gasteiger partial charge in [0.05, 0.1) is 0 Å². The average molecular weight is 241 g/mol. The summed E-state index contributed by atoms with van der Waals surface area (Å²) in [4.78, 5) is 13.7. The Bertz CT molecular complexity index is 215. The van der Waals surface area contributed by atoms with Gasteiger partial charge < -0.3 is 15.5 Å². The summed E-state index contributed by atoms with van der Waals surface area (Å²) in [6, 6.07) is 0. The van der Waals surface area contributed by atoms with Crippen LogP contribution in [0.1, 0.15) is 32.6 Å². The molecule has 1 amide bonds. The Morgan fingerprint density at radius 1 is 1.35 bits per heavy atom. The van der Waals surface area contributed by atoms with E-state index in [0.29, 0.717) is 6.42 Å². The van der Waals surface area contributed by atoms with Crippen molar-refractivity contribution in [3.8, 4) is 0 Å². The first-order valence-corrected chi connectivity index (χ1v) is 6.90. The van der Waals surface area contributed by atoms with Gasteiger partial charge in [-0.3, -0.25) is 4.79 Å². The van der Waals surface area contributed by atoms with Crippen LogP contribution < -0.4 is 10.6 Å². The smallest absolute Gasteiger partial charge is 0.221 e. The van der Waals surface area contributed by atoms with E-state index in [4.69, 9.17) is 0 Å². The maximum atomic E-state index is 11.3. The molecule has 1 saturated heterocycles. The summed E-state index contributed by atoms with van der Waals surface area (Å²) < 4.78 is 0. The van der Waals surface area contributed by atoms with E-state index in [1.54, 1.807) is 7.05 Å². The molecule has 0 saturated carbocycles. The van der Waals surface area contributed by atoms with Gasteiger partial charge in [-0.2, -0.15) is 0 Å². The predicted octanol–water partition coefficient (Wildman–Crippen LogP) is 0.834. The van der Waals surface area contributed by atoms with Crippen LogP contribution in [0.2, 0.25) is 0 Å². The average Bonchev–Trinajstić information content (AvgIpc) is 2.37. The molecule has 1 aliphatic rings. The lowest BCUT2D eigenvalue weighted by Crippen LogP contribution is -2.38. The first-order valence-electron chi connectivity index (χ1n) is 6.90. The minimum atomic E-state index is 0.149. The summed E-state index contributed by atoms with van der Waals surface area (Å²) in [7, 11) is 1.71. The van der Waals surface area contributed by atoms with Crippen LogP contribution in [0.15, 0.2) is 0 Å². The van der Waals surface area contributed by atoms with Crippen molar-refractivity contribution in [2.45, 2.75) is 32.6 Å². The van der Waals surface area contributed by atoms with Crippen LogP contribution in [0.4, 0.5) is 0 Å². The SMILES string of the molecule is CCCN(CCC(=O)NC)CC1CCNCC1. The van der Waals surface area contributed by atoms with Gasteiger partial charge in [0.15, 0.2) is 0 Å². The quantitative estimate of drug-likeness (QED) is 0.694. The lowest BCUT2D eigenvalue weighted by Gasteiger charge is -2.29. The molecule has 0 radical (unpaired) electrons. The molecule has 0 aromatic heterocycles. The monoisotopic (exact) mass is 241 g/mol. The Morgan fingerprint density at radius 3 is 2.65 bits per heavy atom. The molecule has 0 aliphatic carbocycles. The second kappa shape index (κ2) is 8.48. The molecular weight excluding hydrogens is 214 g/mol. The zero-order chi connectivity index (χ0) is 12.5. The van der Waals surface area contributed by atoms with Gasteiger partial charge in [-0.1, -0.05) is 6.92 Å². The molecule has 17 heavy (non-hydrogen) atoms. The lowest BCUT2D eigenvalue weighted by atomic mass is 9.97. The Kier molecular flexibility index (Phi) is 7.21. The van der Waals surface area contributed by atoms with Crippen molar-refractivity contribution in [1.29, 1.82) is 0 Å². The van der Waals surface area contributed by atoms with Crippen LogP contribution in [-0.2, 0) is 4.79 Å². The maximum Gasteiger partial charge on any atom is 0.221 e. The Labute approximate surface area is 105 Å². The molecule has 1 fully saturated rings. The summed E-state index contributed by atoms with van der Waals surface area (Å²) in [5, 5.41) is 6.09. The second-order valence-corrected chi connectivity index (χ2v) is 4.92. The molecule has 2 N–H and O–H groups in total. The highest BCUT2D eigenvalue weighted by molar-refractivity contribution is 5.75. The minimum absolute atomic E-state index is 0.149. The van der Waals surface area contributed by atoms with Gasteiger partial charge in [0, 0.05) is 26.6 Å². The number of amides is 1. The van der Waals surface area contributed by atoms with Crippen LogP contribution >= 0.6 is 0 Å². The zero-order valence-electron chi connectivity index (χ0n) is 11.3. The van der Waals surface area contributed by atoms with E-state index in [9.17, 15) is 4.79 Å². The van der Waals surface area contributed by atoms with Crippen molar-refractivity contribution in [3.05, 3.63) is 0 Å². The fourth-order valence-corrected chi connectivity index (χ4v) is 2.42. The molecular formula is C13H27N3O. The predicted molar refractivity (Wildman–Crippen MR) is 71.0 cm³/mol. The van der Waals surface area contributed by atoms with Gasteiger partial charge in [0.25, 0.3) is 0 Å². The van der Waals surface area contributed by atoms with E-state index in [1.165, 1.54) is 19.3 Å². The molecule has 0 aromatic carbocycles. The number of hydrogen-bond donors (Lipinski definition) is 2. The van der Waals surface area contributed by atoms with Crippen LogP contribution in [0.3, 0.4) is 0 Å². The van der Waals surface area contributed by atoms with Crippen LogP contribution in [-0.4, -0.2) is 50.6 Å². The third-order valence-electron chi connectivity index (χ3n) is 3.45. The summed E-state index contributed by atoms with van der Waals surface area (Å²) in [6.07, 6.45) is 4.35. The molecule has 1 rings (SSSR count). The molecule has 0 spiro atoms. The highest BCUT2D eigenvalue weighted by atomic mass is 16.1. The van der Waals surface area contributed by atoms with Crippen molar-refractivity contribution in [2.75, 3.05) is 39.8 Å². The first-order chi connectivity index (χ1) is 8.26. The van der Waals surface area contributed by atoms with Crippen molar-refractivity contribution in [2.24, 2.45) is 5.92 Å². The fraction of sp³-hybridized carbons (Fsp3) is 0.923. The van der Waals surface area contributed by atoms with Gasteiger partial charge in [-0.25, -0.2) is 0 Å². The number of rotatable bonds is 7. The normalized spacial score (nSPS) is 17.4. The number of carbonyl (C=O) groups excluding carboxylic acids is 1. The molecule has 0 unspecified atom stereocenters. The van der Waals surface area contributed by atoms with Crippen molar-refractivity contribution < 1.29 is 4.79 Å². The van der Waals surface area contributed by atoms with E-state index in [0.717, 1.165) is 38.6 Å². The Balaban J connectivity index is 2.28. The Morgan fingerprint density at radius 2 is 2.06 bits per heavy atom. The highest BCUT2D eigenvalue weighted by Crippen LogP contribution is 2.13.